The van der Waals surface area contributed by atoms with E-state index in [-0.39, 0.29) is 11.3 Å². The van der Waals surface area contributed by atoms with E-state index in [1.165, 1.54) is 12.1 Å². The quantitative estimate of drug-likeness (QED) is 0.337. The van der Waals surface area contributed by atoms with E-state index in [1.807, 2.05) is 0 Å². The largest absolute Gasteiger partial charge is 0.469 e. The normalized spacial score (nSPS) is 17.3. The van der Waals surface area contributed by atoms with Crippen molar-refractivity contribution in [3.05, 3.63) is 45.1 Å². The van der Waals surface area contributed by atoms with E-state index in [1.54, 1.807) is 6.07 Å². The molecule has 0 aliphatic carbocycles. The van der Waals surface area contributed by atoms with Crippen molar-refractivity contribution in [3.63, 3.8) is 0 Å². The number of rotatable bonds is 1. The van der Waals surface area contributed by atoms with Gasteiger partial charge in [0.2, 0.25) is 0 Å². The summed E-state index contributed by atoms with van der Waals surface area (Å²) in [5.74, 6) is 2.91. The Labute approximate surface area is 132 Å². The summed E-state index contributed by atoms with van der Waals surface area (Å²) < 4.78 is 43.5. The molecule has 1 heterocycles. The van der Waals surface area contributed by atoms with Gasteiger partial charge in [0.1, 0.15) is 13.8 Å². The van der Waals surface area contributed by atoms with E-state index < -0.39 is 31.0 Å². The molecule has 1 aliphatic rings. The number of halogens is 3. The van der Waals surface area contributed by atoms with Crippen molar-refractivity contribution >= 4 is 14.1 Å². The second-order valence-electron chi connectivity index (χ2n) is 6.12. The van der Waals surface area contributed by atoms with Crippen molar-refractivity contribution in [2.24, 2.45) is 0 Å². The van der Waals surface area contributed by atoms with Crippen molar-refractivity contribution in [3.8, 4) is 17.2 Å². The lowest BCUT2D eigenvalue weighted by molar-refractivity contribution is -0.443. The molecule has 0 radical (unpaired) electrons. The molecular formula is C15H14F3NO3Si. The maximum absolute atomic E-state index is 12.9. The van der Waals surface area contributed by atoms with E-state index in [2.05, 4.69) is 31.1 Å². The molecule has 0 aromatic heterocycles. The molecule has 0 spiro atoms. The van der Waals surface area contributed by atoms with Gasteiger partial charge in [0.05, 0.1) is 4.92 Å². The van der Waals surface area contributed by atoms with E-state index in [4.69, 9.17) is 4.74 Å². The zero-order valence-corrected chi connectivity index (χ0v) is 13.7. The number of benzene rings is 1. The van der Waals surface area contributed by atoms with Crippen molar-refractivity contribution in [1.82, 2.24) is 0 Å². The summed E-state index contributed by atoms with van der Waals surface area (Å²) in [6.07, 6.45) is -6.52. The third-order valence-electron chi connectivity index (χ3n) is 2.92. The number of hydrogen-bond acceptors (Lipinski definition) is 3. The van der Waals surface area contributed by atoms with Crippen molar-refractivity contribution in [2.75, 3.05) is 0 Å². The van der Waals surface area contributed by atoms with Crippen LogP contribution >= 0.6 is 0 Å². The smallest absolute Gasteiger partial charge is 0.436 e. The highest BCUT2D eigenvalue weighted by molar-refractivity contribution is 6.83. The van der Waals surface area contributed by atoms with Crippen LogP contribution in [0.15, 0.2) is 23.9 Å². The van der Waals surface area contributed by atoms with Gasteiger partial charge >= 0.3 is 6.18 Å². The van der Waals surface area contributed by atoms with Crippen molar-refractivity contribution < 1.29 is 22.8 Å². The summed E-state index contributed by atoms with van der Waals surface area (Å²) in [5.41, 5.74) is 2.90. The van der Waals surface area contributed by atoms with Crippen LogP contribution in [0.25, 0.3) is 6.08 Å². The van der Waals surface area contributed by atoms with Gasteiger partial charge in [0, 0.05) is 17.2 Å². The molecule has 23 heavy (non-hydrogen) atoms. The Bertz CT molecular complexity index is 739. The second-order valence-corrected chi connectivity index (χ2v) is 10.9. The van der Waals surface area contributed by atoms with Crippen LogP contribution in [0.1, 0.15) is 11.1 Å². The summed E-state index contributed by atoms with van der Waals surface area (Å²) in [6, 6.07) is 4.40. The molecule has 1 unspecified atom stereocenters. The van der Waals surface area contributed by atoms with Gasteiger partial charge in [-0.1, -0.05) is 25.6 Å². The van der Waals surface area contributed by atoms with Gasteiger partial charge in [0.25, 0.3) is 11.8 Å². The highest BCUT2D eigenvalue weighted by Crippen LogP contribution is 2.37. The average molecular weight is 341 g/mol. The van der Waals surface area contributed by atoms with Gasteiger partial charge in [-0.2, -0.15) is 13.2 Å². The summed E-state index contributed by atoms with van der Waals surface area (Å²) in [5, 5.41) is 10.9. The molecule has 0 saturated carbocycles. The first-order valence-electron chi connectivity index (χ1n) is 6.74. The Hall–Kier alpha value is -2.27. The van der Waals surface area contributed by atoms with Crippen LogP contribution in [0.5, 0.6) is 5.75 Å². The summed E-state index contributed by atoms with van der Waals surface area (Å²) in [7, 11) is -1.61. The lowest BCUT2D eigenvalue weighted by atomic mass is 10.0. The zero-order chi connectivity index (χ0) is 17.4. The van der Waals surface area contributed by atoms with Crippen LogP contribution in [-0.2, 0) is 0 Å². The maximum atomic E-state index is 12.9. The molecule has 1 atom stereocenters. The van der Waals surface area contributed by atoms with Gasteiger partial charge in [-0.05, 0) is 18.2 Å². The number of alkyl halides is 3. The van der Waals surface area contributed by atoms with Gasteiger partial charge in [-0.15, -0.1) is 5.54 Å². The molecule has 122 valence electrons. The number of fused-ring (bicyclic) bond motifs is 1. The first-order valence-corrected chi connectivity index (χ1v) is 10.2. The van der Waals surface area contributed by atoms with Gasteiger partial charge < -0.3 is 4.74 Å². The lowest BCUT2D eigenvalue weighted by Crippen LogP contribution is -2.40. The first-order chi connectivity index (χ1) is 10.5. The molecule has 0 bridgehead atoms. The highest BCUT2D eigenvalue weighted by Gasteiger charge is 2.51. The number of nitrogens with zero attached hydrogens (tertiary/aromatic N) is 1. The van der Waals surface area contributed by atoms with Crippen LogP contribution in [0.2, 0.25) is 19.6 Å². The topological polar surface area (TPSA) is 52.4 Å². The average Bonchev–Trinajstić information content (AvgIpc) is 2.41. The first kappa shape index (κ1) is 17.1. The van der Waals surface area contributed by atoms with Gasteiger partial charge in [-0.25, -0.2) is 0 Å². The zero-order valence-electron chi connectivity index (χ0n) is 12.7. The van der Waals surface area contributed by atoms with Crippen LogP contribution in [-0.4, -0.2) is 25.3 Å². The monoisotopic (exact) mass is 341 g/mol. The van der Waals surface area contributed by atoms with Crippen LogP contribution in [0.3, 0.4) is 0 Å². The fraction of sp³-hybridized carbons (Fsp3) is 0.333. The predicted molar refractivity (Wildman–Crippen MR) is 82.1 cm³/mol. The molecule has 2 rings (SSSR count). The number of hydrogen-bond donors (Lipinski definition) is 0. The van der Waals surface area contributed by atoms with Crippen LogP contribution < -0.4 is 4.74 Å². The summed E-state index contributed by atoms with van der Waals surface area (Å²) >= 11 is 0. The lowest BCUT2D eigenvalue weighted by Gasteiger charge is -2.24. The Morgan fingerprint density at radius 1 is 1.30 bits per heavy atom. The minimum Gasteiger partial charge on any atom is -0.469 e. The third kappa shape index (κ3) is 4.13. The van der Waals surface area contributed by atoms with E-state index in [9.17, 15) is 23.3 Å². The van der Waals surface area contributed by atoms with Gasteiger partial charge in [-0.3, -0.25) is 10.1 Å². The van der Waals surface area contributed by atoms with Crippen molar-refractivity contribution in [2.45, 2.75) is 31.9 Å². The summed E-state index contributed by atoms with van der Waals surface area (Å²) in [6.45, 7) is 6.17. The van der Waals surface area contributed by atoms with Gasteiger partial charge in [0.15, 0.2) is 0 Å². The Kier molecular flexibility index (Phi) is 4.26. The molecule has 0 amide bonds. The van der Waals surface area contributed by atoms with E-state index in [0.717, 1.165) is 6.08 Å². The SMILES string of the molecule is C[Si](C)(C)C#Cc1ccc2c(c1)C=C([N+](=O)[O-])C(C(F)(F)F)O2. The molecule has 4 nitrogen and oxygen atoms in total. The fourth-order valence-corrected chi connectivity index (χ4v) is 2.43. The number of ether oxygens (including phenoxy) is 1. The minimum atomic E-state index is -4.85. The third-order valence-corrected chi connectivity index (χ3v) is 3.79. The predicted octanol–water partition coefficient (Wildman–Crippen LogP) is 3.86. The standard InChI is InChI=1S/C15H14F3NO3Si/c1-23(2,3)7-6-10-4-5-13-11(8-10)9-12(19(20)21)14(22-13)15(16,17)18/h4-5,8-9,14H,1-3H3. The van der Waals surface area contributed by atoms with E-state index >= 15 is 0 Å². The molecule has 0 N–H and O–H groups in total. The molecular weight excluding hydrogens is 327 g/mol. The number of nitro groups is 1. The van der Waals surface area contributed by atoms with Crippen molar-refractivity contribution in [1.29, 1.82) is 0 Å². The summed E-state index contributed by atoms with van der Waals surface area (Å²) in [4.78, 5) is 9.83. The minimum absolute atomic E-state index is 0.0449. The highest BCUT2D eigenvalue weighted by atomic mass is 28.3. The maximum Gasteiger partial charge on any atom is 0.436 e. The second kappa shape index (κ2) is 5.74. The Balaban J connectivity index is 2.46. The molecule has 1 aliphatic heterocycles. The fourth-order valence-electron chi connectivity index (χ4n) is 1.91. The van der Waals surface area contributed by atoms with Crippen LogP contribution in [0, 0.1) is 21.6 Å². The molecule has 0 saturated heterocycles. The molecule has 1 aromatic rings. The molecule has 0 fully saturated rings. The Morgan fingerprint density at radius 2 is 1.96 bits per heavy atom. The molecule has 1 aromatic carbocycles. The Morgan fingerprint density at radius 3 is 2.48 bits per heavy atom. The van der Waals surface area contributed by atoms with E-state index in [0.29, 0.717) is 5.56 Å². The van der Waals surface area contributed by atoms with Crippen LogP contribution in [0.4, 0.5) is 13.2 Å². The molecule has 8 heteroatoms.